The summed E-state index contributed by atoms with van der Waals surface area (Å²) in [4.78, 5) is 8.29. The number of hydrogen-bond donors (Lipinski definition) is 1. The third-order valence-electron chi connectivity index (χ3n) is 4.25. The zero-order chi connectivity index (χ0) is 16.5. The number of pyridine rings is 1. The van der Waals surface area contributed by atoms with E-state index in [0.717, 1.165) is 38.8 Å². The van der Waals surface area contributed by atoms with Gasteiger partial charge in [-0.3, -0.25) is 4.98 Å². The Morgan fingerprint density at radius 2 is 1.79 bits per heavy atom. The van der Waals surface area contributed by atoms with Crippen LogP contribution in [-0.2, 0) is 0 Å². The van der Waals surface area contributed by atoms with Gasteiger partial charge < -0.3 is 10.2 Å². The van der Waals surface area contributed by atoms with Crippen molar-refractivity contribution in [3.05, 3.63) is 73.0 Å². The van der Waals surface area contributed by atoms with Gasteiger partial charge in [0.1, 0.15) is 0 Å². The Kier molecular flexibility index (Phi) is 3.59. The number of hydrogen-bond acceptors (Lipinski definition) is 4. The lowest BCUT2D eigenvalue weighted by atomic mass is 9.93. The molecule has 2 N–H and O–H groups in total. The average Bonchev–Trinajstić information content (AvgIpc) is 3.15. The quantitative estimate of drug-likeness (QED) is 0.601. The molecule has 0 aliphatic rings. The summed E-state index contributed by atoms with van der Waals surface area (Å²) in [6, 6.07) is 14.5. The van der Waals surface area contributed by atoms with E-state index < -0.39 is 0 Å². The fourth-order valence-corrected chi connectivity index (χ4v) is 2.98. The molecule has 0 spiro atoms. The maximum atomic E-state index is 5.95. The predicted molar refractivity (Wildman–Crippen MR) is 95.3 cm³/mol. The molecule has 0 saturated heterocycles. The van der Waals surface area contributed by atoms with E-state index in [4.69, 9.17) is 10.2 Å². The molecule has 0 bridgehead atoms. The third-order valence-corrected chi connectivity index (χ3v) is 4.25. The van der Waals surface area contributed by atoms with E-state index in [1.807, 2.05) is 19.2 Å². The first-order valence-corrected chi connectivity index (χ1v) is 7.85. The topological polar surface area (TPSA) is 64.9 Å². The standard InChI is InChI=1S/C20H17N3O/c1-13(21)14-2-4-15(5-3-14)17-7-6-16-10-22-9-8-18(16)20(17)19-11-23-12-24-19/h2-13H,21H2,1H3. The molecule has 1 atom stereocenters. The first-order chi connectivity index (χ1) is 11.7. The smallest absolute Gasteiger partial charge is 0.181 e. The Labute approximate surface area is 140 Å². The molecule has 4 nitrogen and oxygen atoms in total. The molecular weight excluding hydrogens is 298 g/mol. The lowest BCUT2D eigenvalue weighted by molar-refractivity contribution is 0.572. The number of aromatic nitrogens is 2. The molecule has 2 aromatic carbocycles. The second-order valence-corrected chi connectivity index (χ2v) is 5.86. The normalized spacial score (nSPS) is 12.4. The van der Waals surface area contributed by atoms with Crippen LogP contribution in [0.4, 0.5) is 0 Å². The van der Waals surface area contributed by atoms with Crippen molar-refractivity contribution in [2.24, 2.45) is 5.73 Å². The summed E-state index contributed by atoms with van der Waals surface area (Å²) in [6.07, 6.45) is 6.86. The van der Waals surface area contributed by atoms with Crippen molar-refractivity contribution in [2.75, 3.05) is 0 Å². The lowest BCUT2D eigenvalue weighted by Gasteiger charge is -2.12. The highest BCUT2D eigenvalue weighted by Gasteiger charge is 2.14. The van der Waals surface area contributed by atoms with Crippen LogP contribution in [0.1, 0.15) is 18.5 Å². The van der Waals surface area contributed by atoms with Gasteiger partial charge in [-0.2, -0.15) is 0 Å². The van der Waals surface area contributed by atoms with Crippen molar-refractivity contribution in [1.29, 1.82) is 0 Å². The molecule has 24 heavy (non-hydrogen) atoms. The predicted octanol–water partition coefficient (Wildman–Crippen LogP) is 4.58. The highest BCUT2D eigenvalue weighted by molar-refractivity contribution is 6.02. The number of nitrogens with two attached hydrogens (primary N) is 1. The number of fused-ring (bicyclic) bond motifs is 1. The van der Waals surface area contributed by atoms with E-state index in [9.17, 15) is 0 Å². The SMILES string of the molecule is CC(N)c1ccc(-c2ccc3cnccc3c2-c2cnco2)cc1. The summed E-state index contributed by atoms with van der Waals surface area (Å²) in [7, 11) is 0. The molecule has 0 radical (unpaired) electrons. The van der Waals surface area contributed by atoms with Crippen molar-refractivity contribution < 1.29 is 4.42 Å². The van der Waals surface area contributed by atoms with E-state index in [1.54, 1.807) is 12.4 Å². The monoisotopic (exact) mass is 315 g/mol. The summed E-state index contributed by atoms with van der Waals surface area (Å²) in [5.74, 6) is 0.748. The molecular formula is C20H17N3O. The Morgan fingerprint density at radius 3 is 2.50 bits per heavy atom. The molecule has 4 rings (SSSR count). The Balaban J connectivity index is 1.96. The number of benzene rings is 2. The van der Waals surface area contributed by atoms with Gasteiger partial charge in [0.25, 0.3) is 0 Å². The van der Waals surface area contributed by atoms with Gasteiger partial charge in [0.05, 0.1) is 6.20 Å². The summed E-state index contributed by atoms with van der Waals surface area (Å²) in [6.45, 7) is 1.98. The first-order valence-electron chi connectivity index (χ1n) is 7.85. The van der Waals surface area contributed by atoms with Crippen molar-refractivity contribution in [3.8, 4) is 22.5 Å². The molecule has 0 aliphatic carbocycles. The van der Waals surface area contributed by atoms with Gasteiger partial charge in [-0.25, -0.2) is 4.98 Å². The average molecular weight is 315 g/mol. The second-order valence-electron chi connectivity index (χ2n) is 5.86. The van der Waals surface area contributed by atoms with E-state index in [-0.39, 0.29) is 6.04 Å². The van der Waals surface area contributed by atoms with E-state index in [2.05, 4.69) is 46.4 Å². The third kappa shape index (κ3) is 2.47. The van der Waals surface area contributed by atoms with Gasteiger partial charge in [0.2, 0.25) is 0 Å². The molecule has 118 valence electrons. The molecule has 4 heteroatoms. The number of nitrogens with zero attached hydrogens (tertiary/aromatic N) is 2. The van der Waals surface area contributed by atoms with Gasteiger partial charge in [0.15, 0.2) is 12.2 Å². The largest absolute Gasteiger partial charge is 0.443 e. The van der Waals surface area contributed by atoms with Crippen LogP contribution in [0.5, 0.6) is 0 Å². The molecule has 1 unspecified atom stereocenters. The summed E-state index contributed by atoms with van der Waals surface area (Å²) in [5, 5.41) is 2.16. The molecule has 0 amide bonds. The van der Waals surface area contributed by atoms with Crippen LogP contribution >= 0.6 is 0 Å². The summed E-state index contributed by atoms with van der Waals surface area (Å²) < 4.78 is 5.60. The van der Waals surface area contributed by atoms with Crippen LogP contribution in [0, 0.1) is 0 Å². The fourth-order valence-electron chi connectivity index (χ4n) is 2.98. The summed E-state index contributed by atoms with van der Waals surface area (Å²) >= 11 is 0. The minimum atomic E-state index is 0.0236. The van der Waals surface area contributed by atoms with Crippen molar-refractivity contribution in [2.45, 2.75) is 13.0 Å². The second kappa shape index (κ2) is 5.91. The Bertz CT molecular complexity index is 974. The van der Waals surface area contributed by atoms with Crippen molar-refractivity contribution in [1.82, 2.24) is 9.97 Å². The van der Waals surface area contributed by atoms with E-state index in [1.165, 1.54) is 6.39 Å². The van der Waals surface area contributed by atoms with Crippen LogP contribution in [0.15, 0.2) is 71.9 Å². The minimum absolute atomic E-state index is 0.0236. The van der Waals surface area contributed by atoms with Crippen LogP contribution in [0.2, 0.25) is 0 Å². The van der Waals surface area contributed by atoms with Gasteiger partial charge in [-0.1, -0.05) is 36.4 Å². The number of oxazole rings is 1. The molecule has 0 saturated carbocycles. The van der Waals surface area contributed by atoms with Gasteiger partial charge in [-0.05, 0) is 35.1 Å². The van der Waals surface area contributed by atoms with Gasteiger partial charge in [0, 0.05) is 29.4 Å². The Hall–Kier alpha value is -2.98. The van der Waals surface area contributed by atoms with E-state index in [0.29, 0.717) is 0 Å². The van der Waals surface area contributed by atoms with Crippen molar-refractivity contribution in [3.63, 3.8) is 0 Å². The molecule has 0 aliphatic heterocycles. The molecule has 4 aromatic rings. The summed E-state index contributed by atoms with van der Waals surface area (Å²) in [5.41, 5.74) is 10.3. The number of rotatable bonds is 3. The van der Waals surface area contributed by atoms with Gasteiger partial charge in [-0.15, -0.1) is 0 Å². The van der Waals surface area contributed by atoms with Gasteiger partial charge >= 0.3 is 0 Å². The van der Waals surface area contributed by atoms with Crippen LogP contribution in [-0.4, -0.2) is 9.97 Å². The maximum Gasteiger partial charge on any atom is 0.181 e. The lowest BCUT2D eigenvalue weighted by Crippen LogP contribution is -2.04. The maximum absolute atomic E-state index is 5.95. The van der Waals surface area contributed by atoms with Crippen LogP contribution in [0.3, 0.4) is 0 Å². The molecule has 2 aromatic heterocycles. The highest BCUT2D eigenvalue weighted by atomic mass is 16.3. The zero-order valence-corrected chi connectivity index (χ0v) is 13.3. The van der Waals surface area contributed by atoms with Crippen molar-refractivity contribution >= 4 is 10.8 Å². The molecule has 0 fully saturated rings. The zero-order valence-electron chi connectivity index (χ0n) is 13.3. The van der Waals surface area contributed by atoms with Crippen LogP contribution < -0.4 is 5.73 Å². The van der Waals surface area contributed by atoms with E-state index >= 15 is 0 Å². The Morgan fingerprint density at radius 1 is 0.958 bits per heavy atom. The van der Waals surface area contributed by atoms with Crippen LogP contribution in [0.25, 0.3) is 33.2 Å². The molecule has 2 heterocycles. The fraction of sp³-hybridized carbons (Fsp3) is 0.100. The first kappa shape index (κ1) is 14.6. The minimum Gasteiger partial charge on any atom is -0.443 e. The highest BCUT2D eigenvalue weighted by Crippen LogP contribution is 2.37.